The van der Waals surface area contributed by atoms with Gasteiger partial charge in [-0.3, -0.25) is 4.31 Å². The summed E-state index contributed by atoms with van der Waals surface area (Å²) in [5.74, 6) is 0.685. The Bertz CT molecular complexity index is 1470. The van der Waals surface area contributed by atoms with Gasteiger partial charge in [0, 0.05) is 11.3 Å². The van der Waals surface area contributed by atoms with Gasteiger partial charge < -0.3 is 0 Å². The number of para-hydroxylation sites is 1. The number of thioether (sulfide) groups is 1. The molecule has 0 aliphatic carbocycles. The monoisotopic (exact) mass is 485 g/mol. The van der Waals surface area contributed by atoms with Crippen molar-refractivity contribution in [3.63, 3.8) is 0 Å². The molecular weight excluding hydrogens is 462 g/mol. The fraction of sp³-hybridized carbons (Fsp3) is 0.111. The summed E-state index contributed by atoms with van der Waals surface area (Å²) in [6, 6.07) is 23.5. The van der Waals surface area contributed by atoms with E-state index >= 15 is 0 Å². The molecule has 3 aromatic carbocycles. The molecule has 0 N–H and O–H groups in total. The fourth-order valence-corrected chi connectivity index (χ4v) is 6.20. The molecule has 0 unspecified atom stereocenters. The van der Waals surface area contributed by atoms with Crippen molar-refractivity contribution in [2.24, 2.45) is 0 Å². The number of aromatic nitrogens is 2. The highest BCUT2D eigenvalue weighted by molar-refractivity contribution is 7.98. The highest BCUT2D eigenvalue weighted by Crippen LogP contribution is 2.43. The lowest BCUT2D eigenvalue weighted by Crippen LogP contribution is -2.34. The molecule has 0 atom stereocenters. The largest absolute Gasteiger partial charge is 0.268 e. The molecule has 1 aromatic heterocycles. The molecule has 34 heavy (non-hydrogen) atoms. The zero-order chi connectivity index (χ0) is 23.7. The first-order chi connectivity index (χ1) is 16.5. The van der Waals surface area contributed by atoms with Crippen LogP contribution in [0.4, 0.5) is 5.69 Å². The second kappa shape index (κ2) is 9.08. The number of rotatable bonds is 6. The minimum atomic E-state index is -3.81. The van der Waals surface area contributed by atoms with Crippen molar-refractivity contribution < 1.29 is 8.42 Å². The molecule has 0 radical (unpaired) electrons. The summed E-state index contributed by atoms with van der Waals surface area (Å²) >= 11 is 1.48. The summed E-state index contributed by atoms with van der Waals surface area (Å²) in [7, 11) is -3.81. The third-order valence-electron chi connectivity index (χ3n) is 5.76. The molecule has 1 aliphatic heterocycles. The Labute approximate surface area is 204 Å². The van der Waals surface area contributed by atoms with E-state index in [9.17, 15) is 8.42 Å². The average Bonchev–Trinajstić information content (AvgIpc) is 2.86. The number of fused-ring (bicyclic) bond motifs is 3. The normalized spacial score (nSPS) is 13.7. The van der Waals surface area contributed by atoms with Crippen LogP contribution in [-0.4, -0.2) is 18.4 Å². The predicted molar refractivity (Wildman–Crippen MR) is 138 cm³/mol. The maximum absolute atomic E-state index is 13.6. The predicted octanol–water partition coefficient (Wildman–Crippen LogP) is 6.10. The third kappa shape index (κ3) is 4.24. The Balaban J connectivity index is 1.48. The molecule has 0 bridgehead atoms. The highest BCUT2D eigenvalue weighted by Gasteiger charge is 2.36. The SMILES string of the molecule is C=Cc1ccc(CSc2ncc3c(n2)-c2ccccc2N(Cc2ccc(C)cc2)S3(=O)=O)cc1. The molecule has 0 saturated carbocycles. The molecule has 7 heteroatoms. The molecule has 0 amide bonds. The van der Waals surface area contributed by atoms with Gasteiger partial charge in [-0.05, 0) is 29.7 Å². The van der Waals surface area contributed by atoms with Crippen LogP contribution < -0.4 is 4.31 Å². The van der Waals surface area contributed by atoms with Crippen LogP contribution in [0.2, 0.25) is 0 Å². The Morgan fingerprint density at radius 1 is 0.971 bits per heavy atom. The molecule has 5 nitrogen and oxygen atoms in total. The van der Waals surface area contributed by atoms with Crippen molar-refractivity contribution >= 4 is 33.5 Å². The van der Waals surface area contributed by atoms with E-state index in [2.05, 4.69) is 16.5 Å². The molecule has 170 valence electrons. The number of benzene rings is 3. The van der Waals surface area contributed by atoms with E-state index in [1.165, 1.54) is 22.3 Å². The van der Waals surface area contributed by atoms with Crippen LogP contribution in [0.25, 0.3) is 17.3 Å². The van der Waals surface area contributed by atoms with Crippen LogP contribution in [0.5, 0.6) is 0 Å². The summed E-state index contributed by atoms with van der Waals surface area (Å²) < 4.78 is 28.7. The Morgan fingerprint density at radius 3 is 2.41 bits per heavy atom. The Kier molecular flexibility index (Phi) is 5.98. The molecule has 4 aromatic rings. The van der Waals surface area contributed by atoms with Crippen molar-refractivity contribution in [1.29, 1.82) is 0 Å². The van der Waals surface area contributed by atoms with Crippen LogP contribution in [0.1, 0.15) is 22.3 Å². The van der Waals surface area contributed by atoms with Gasteiger partial charge in [0.15, 0.2) is 5.16 Å². The summed E-state index contributed by atoms with van der Waals surface area (Å²) in [4.78, 5) is 9.21. The number of sulfonamides is 1. The van der Waals surface area contributed by atoms with Crippen molar-refractivity contribution in [2.45, 2.75) is 29.3 Å². The first kappa shape index (κ1) is 22.4. The first-order valence-electron chi connectivity index (χ1n) is 10.8. The van der Waals surface area contributed by atoms with E-state index < -0.39 is 10.0 Å². The Morgan fingerprint density at radius 2 is 1.68 bits per heavy atom. The van der Waals surface area contributed by atoms with Crippen LogP contribution in [0.15, 0.2) is 95.6 Å². The molecule has 0 saturated heterocycles. The second-order valence-electron chi connectivity index (χ2n) is 8.11. The number of anilines is 1. The lowest BCUT2D eigenvalue weighted by atomic mass is 10.1. The second-order valence-corrected chi connectivity index (χ2v) is 10.9. The third-order valence-corrected chi connectivity index (χ3v) is 8.45. The highest BCUT2D eigenvalue weighted by atomic mass is 32.2. The first-order valence-corrected chi connectivity index (χ1v) is 13.3. The van der Waals surface area contributed by atoms with Gasteiger partial charge in [0.05, 0.1) is 24.1 Å². The molecule has 0 fully saturated rings. The maximum atomic E-state index is 13.6. The van der Waals surface area contributed by atoms with Gasteiger partial charge in [0.2, 0.25) is 0 Å². The number of hydrogen-bond acceptors (Lipinski definition) is 5. The summed E-state index contributed by atoms with van der Waals surface area (Å²) in [5.41, 5.74) is 6.12. The van der Waals surface area contributed by atoms with Gasteiger partial charge in [0.25, 0.3) is 10.0 Å². The molecule has 0 spiro atoms. The summed E-state index contributed by atoms with van der Waals surface area (Å²) in [6.07, 6.45) is 3.25. The minimum Gasteiger partial charge on any atom is -0.261 e. The van der Waals surface area contributed by atoms with Gasteiger partial charge >= 0.3 is 0 Å². The van der Waals surface area contributed by atoms with E-state index in [-0.39, 0.29) is 11.4 Å². The topological polar surface area (TPSA) is 63.2 Å². The summed E-state index contributed by atoms with van der Waals surface area (Å²) in [5, 5.41) is 0.545. The van der Waals surface area contributed by atoms with E-state index in [1.807, 2.05) is 85.8 Å². The summed E-state index contributed by atoms with van der Waals surface area (Å²) in [6.45, 7) is 6.04. The Hall–Kier alpha value is -3.42. The van der Waals surface area contributed by atoms with Crippen molar-refractivity contribution in [3.05, 3.63) is 108 Å². The molecule has 5 rings (SSSR count). The van der Waals surface area contributed by atoms with E-state index in [0.717, 1.165) is 27.8 Å². The van der Waals surface area contributed by atoms with Gasteiger partial charge in [-0.1, -0.05) is 96.7 Å². The van der Waals surface area contributed by atoms with Crippen LogP contribution in [0, 0.1) is 6.92 Å². The lowest BCUT2D eigenvalue weighted by molar-refractivity contribution is 0.588. The van der Waals surface area contributed by atoms with Crippen LogP contribution in [0.3, 0.4) is 0 Å². The average molecular weight is 486 g/mol. The lowest BCUT2D eigenvalue weighted by Gasteiger charge is -2.31. The fourth-order valence-electron chi connectivity index (χ4n) is 3.87. The quantitative estimate of drug-likeness (QED) is 0.244. The van der Waals surface area contributed by atoms with Crippen molar-refractivity contribution in [2.75, 3.05) is 4.31 Å². The van der Waals surface area contributed by atoms with Crippen LogP contribution in [-0.2, 0) is 22.3 Å². The van der Waals surface area contributed by atoms with Crippen LogP contribution >= 0.6 is 11.8 Å². The van der Waals surface area contributed by atoms with Gasteiger partial charge in [-0.15, -0.1) is 0 Å². The van der Waals surface area contributed by atoms with E-state index in [0.29, 0.717) is 22.3 Å². The molecular formula is C27H23N3O2S2. The molecule has 1 aliphatic rings. The van der Waals surface area contributed by atoms with Crippen molar-refractivity contribution in [3.8, 4) is 11.3 Å². The molecule has 2 heterocycles. The van der Waals surface area contributed by atoms with Crippen molar-refractivity contribution in [1.82, 2.24) is 9.97 Å². The van der Waals surface area contributed by atoms with Gasteiger partial charge in [-0.2, -0.15) is 0 Å². The number of nitrogens with zero attached hydrogens (tertiary/aromatic N) is 3. The number of aryl methyl sites for hydroxylation is 1. The smallest absolute Gasteiger partial charge is 0.261 e. The number of hydrogen-bond donors (Lipinski definition) is 0. The standard InChI is InChI=1S/C27H23N3O2S2/c1-3-20-12-14-22(15-13-20)18-33-27-28-16-25-26(29-27)23-6-4-5-7-24(23)30(34(25,31)32)17-21-10-8-19(2)9-11-21/h3-16H,1,17-18H2,2H3. The van der Waals surface area contributed by atoms with Gasteiger partial charge in [-0.25, -0.2) is 18.4 Å². The zero-order valence-corrected chi connectivity index (χ0v) is 20.3. The minimum absolute atomic E-state index is 0.137. The van der Waals surface area contributed by atoms with E-state index in [1.54, 1.807) is 0 Å². The van der Waals surface area contributed by atoms with E-state index in [4.69, 9.17) is 0 Å². The zero-order valence-electron chi connectivity index (χ0n) is 18.7. The van der Waals surface area contributed by atoms with Gasteiger partial charge in [0.1, 0.15) is 4.90 Å². The maximum Gasteiger partial charge on any atom is 0.268 e.